The van der Waals surface area contributed by atoms with Crippen molar-refractivity contribution in [3.63, 3.8) is 0 Å². The third-order valence-corrected chi connectivity index (χ3v) is 5.12. The molecule has 8 heteroatoms. The Hall–Kier alpha value is -2.61. The van der Waals surface area contributed by atoms with Gasteiger partial charge in [-0.05, 0) is 24.3 Å². The standard InChI is InChI=1S/C21H23F3N2O3/c22-21(23,24)16-4-1-2-6-18(16)27-13-12-25-8-10-26(11-9-25)17-5-3-7-19-20(17)29-15-14-28-19/h1-7H,8-15H2. The highest BCUT2D eigenvalue weighted by Crippen LogP contribution is 2.40. The van der Waals surface area contributed by atoms with Crippen molar-refractivity contribution in [1.29, 1.82) is 0 Å². The Labute approximate surface area is 167 Å². The van der Waals surface area contributed by atoms with Crippen LogP contribution < -0.4 is 19.1 Å². The average molecular weight is 408 g/mol. The highest BCUT2D eigenvalue weighted by Gasteiger charge is 2.34. The smallest absolute Gasteiger partial charge is 0.419 e. The van der Waals surface area contributed by atoms with Crippen molar-refractivity contribution in [3.05, 3.63) is 48.0 Å². The van der Waals surface area contributed by atoms with Crippen LogP contribution in [0.4, 0.5) is 18.9 Å². The molecule has 29 heavy (non-hydrogen) atoms. The summed E-state index contributed by atoms with van der Waals surface area (Å²) in [7, 11) is 0. The summed E-state index contributed by atoms with van der Waals surface area (Å²) in [6.45, 7) is 5.10. The van der Waals surface area contributed by atoms with Crippen LogP contribution in [0.5, 0.6) is 17.2 Å². The number of benzene rings is 2. The molecule has 0 aliphatic carbocycles. The Morgan fingerprint density at radius 3 is 2.45 bits per heavy atom. The van der Waals surface area contributed by atoms with Crippen LogP contribution in [-0.2, 0) is 6.18 Å². The van der Waals surface area contributed by atoms with E-state index in [-0.39, 0.29) is 12.4 Å². The monoisotopic (exact) mass is 408 g/mol. The second-order valence-corrected chi connectivity index (χ2v) is 6.97. The number of piperazine rings is 1. The minimum absolute atomic E-state index is 0.119. The van der Waals surface area contributed by atoms with E-state index in [2.05, 4.69) is 9.80 Å². The quantitative estimate of drug-likeness (QED) is 0.754. The van der Waals surface area contributed by atoms with Gasteiger partial charge in [0.1, 0.15) is 25.6 Å². The summed E-state index contributed by atoms with van der Waals surface area (Å²) >= 11 is 0. The molecule has 0 bridgehead atoms. The second kappa shape index (κ2) is 8.41. The predicted octanol–water partition coefficient (Wildman–Crippen LogP) is 3.68. The van der Waals surface area contributed by atoms with E-state index < -0.39 is 11.7 Å². The van der Waals surface area contributed by atoms with Crippen molar-refractivity contribution in [2.24, 2.45) is 0 Å². The Morgan fingerprint density at radius 2 is 1.66 bits per heavy atom. The number of anilines is 1. The summed E-state index contributed by atoms with van der Waals surface area (Å²) in [6, 6.07) is 11.2. The van der Waals surface area contributed by atoms with Gasteiger partial charge in [0.05, 0.1) is 11.3 Å². The minimum atomic E-state index is -4.41. The van der Waals surface area contributed by atoms with Crippen molar-refractivity contribution in [1.82, 2.24) is 4.90 Å². The molecule has 0 aromatic heterocycles. The first-order valence-electron chi connectivity index (χ1n) is 9.67. The molecule has 2 heterocycles. The van der Waals surface area contributed by atoms with E-state index in [1.807, 2.05) is 18.2 Å². The van der Waals surface area contributed by atoms with Crippen LogP contribution in [-0.4, -0.2) is 57.4 Å². The van der Waals surface area contributed by atoms with Gasteiger partial charge in [0.15, 0.2) is 11.5 Å². The van der Waals surface area contributed by atoms with Gasteiger partial charge in [-0.25, -0.2) is 0 Å². The van der Waals surface area contributed by atoms with Crippen LogP contribution in [0, 0.1) is 0 Å². The molecule has 0 unspecified atom stereocenters. The number of fused-ring (bicyclic) bond motifs is 1. The SMILES string of the molecule is FC(F)(F)c1ccccc1OCCN1CCN(c2cccc3c2OCCO3)CC1. The third-order valence-electron chi connectivity index (χ3n) is 5.12. The van der Waals surface area contributed by atoms with Gasteiger partial charge >= 0.3 is 6.18 Å². The molecule has 1 fully saturated rings. The maximum atomic E-state index is 13.0. The lowest BCUT2D eigenvalue weighted by molar-refractivity contribution is -0.139. The predicted molar refractivity (Wildman–Crippen MR) is 103 cm³/mol. The van der Waals surface area contributed by atoms with Crippen LogP contribution in [0.25, 0.3) is 0 Å². The zero-order chi connectivity index (χ0) is 20.3. The van der Waals surface area contributed by atoms with Crippen LogP contribution in [0.1, 0.15) is 5.56 Å². The zero-order valence-electron chi connectivity index (χ0n) is 16.0. The van der Waals surface area contributed by atoms with Gasteiger partial charge in [0.25, 0.3) is 0 Å². The molecule has 4 rings (SSSR count). The maximum absolute atomic E-state index is 13.0. The normalized spacial score (nSPS) is 17.3. The van der Waals surface area contributed by atoms with E-state index >= 15 is 0 Å². The fraction of sp³-hybridized carbons (Fsp3) is 0.429. The molecule has 2 aromatic carbocycles. The molecule has 0 saturated carbocycles. The van der Waals surface area contributed by atoms with Gasteiger partial charge in [-0.15, -0.1) is 0 Å². The van der Waals surface area contributed by atoms with Crippen molar-refractivity contribution in [3.8, 4) is 17.2 Å². The number of para-hydroxylation sites is 2. The molecule has 2 aromatic rings. The second-order valence-electron chi connectivity index (χ2n) is 6.97. The lowest BCUT2D eigenvalue weighted by Gasteiger charge is -2.37. The Kier molecular flexibility index (Phi) is 5.71. The lowest BCUT2D eigenvalue weighted by atomic mass is 10.2. The van der Waals surface area contributed by atoms with Crippen LogP contribution >= 0.6 is 0 Å². The maximum Gasteiger partial charge on any atom is 0.419 e. The van der Waals surface area contributed by atoms with Crippen molar-refractivity contribution in [2.75, 3.05) is 57.4 Å². The average Bonchev–Trinajstić information content (AvgIpc) is 2.73. The molecule has 2 aliphatic heterocycles. The van der Waals surface area contributed by atoms with E-state index in [9.17, 15) is 13.2 Å². The van der Waals surface area contributed by atoms with E-state index in [1.54, 1.807) is 6.07 Å². The Morgan fingerprint density at radius 1 is 0.897 bits per heavy atom. The Balaban J connectivity index is 1.30. The molecule has 5 nitrogen and oxygen atoms in total. The van der Waals surface area contributed by atoms with Gasteiger partial charge in [-0.3, -0.25) is 4.90 Å². The van der Waals surface area contributed by atoms with E-state index in [0.717, 1.165) is 49.4 Å². The zero-order valence-corrected chi connectivity index (χ0v) is 16.0. The van der Waals surface area contributed by atoms with Gasteiger partial charge < -0.3 is 19.1 Å². The first kappa shape index (κ1) is 19.7. The summed E-state index contributed by atoms with van der Waals surface area (Å²) in [4.78, 5) is 4.45. The molecule has 2 aliphatic rings. The highest BCUT2D eigenvalue weighted by atomic mass is 19.4. The summed E-state index contributed by atoms with van der Waals surface area (Å²) in [5.41, 5.74) is 0.290. The molecule has 1 saturated heterocycles. The lowest BCUT2D eigenvalue weighted by Crippen LogP contribution is -2.47. The van der Waals surface area contributed by atoms with Crippen LogP contribution in [0.2, 0.25) is 0 Å². The molecule has 156 valence electrons. The first-order chi connectivity index (χ1) is 14.0. The number of nitrogens with zero attached hydrogens (tertiary/aromatic N) is 2. The summed E-state index contributed by atoms with van der Waals surface area (Å²) in [5, 5.41) is 0. The summed E-state index contributed by atoms with van der Waals surface area (Å²) in [6.07, 6.45) is -4.41. The largest absolute Gasteiger partial charge is 0.492 e. The van der Waals surface area contributed by atoms with E-state index in [0.29, 0.717) is 19.8 Å². The van der Waals surface area contributed by atoms with Crippen molar-refractivity contribution in [2.45, 2.75) is 6.18 Å². The number of hydrogen-bond donors (Lipinski definition) is 0. The van der Waals surface area contributed by atoms with Gasteiger partial charge in [0.2, 0.25) is 0 Å². The van der Waals surface area contributed by atoms with Crippen molar-refractivity contribution < 1.29 is 27.4 Å². The van der Waals surface area contributed by atoms with Gasteiger partial charge in [-0.1, -0.05) is 18.2 Å². The van der Waals surface area contributed by atoms with Gasteiger partial charge in [0, 0.05) is 32.7 Å². The fourth-order valence-corrected chi connectivity index (χ4v) is 3.63. The fourth-order valence-electron chi connectivity index (χ4n) is 3.63. The minimum Gasteiger partial charge on any atom is -0.492 e. The van der Waals surface area contributed by atoms with Gasteiger partial charge in [-0.2, -0.15) is 13.2 Å². The molecule has 0 radical (unpaired) electrons. The third kappa shape index (κ3) is 4.53. The number of alkyl halides is 3. The molecule has 0 spiro atoms. The summed E-state index contributed by atoms with van der Waals surface area (Å²) in [5.74, 6) is 1.44. The Bertz CT molecular complexity index is 836. The van der Waals surface area contributed by atoms with Crippen molar-refractivity contribution >= 4 is 5.69 Å². The number of hydrogen-bond acceptors (Lipinski definition) is 5. The number of ether oxygens (including phenoxy) is 3. The van der Waals surface area contributed by atoms with E-state index in [1.165, 1.54) is 12.1 Å². The van der Waals surface area contributed by atoms with Crippen LogP contribution in [0.3, 0.4) is 0 Å². The molecule has 0 N–H and O–H groups in total. The van der Waals surface area contributed by atoms with E-state index in [4.69, 9.17) is 14.2 Å². The topological polar surface area (TPSA) is 34.2 Å². The molecular weight excluding hydrogens is 385 g/mol. The number of halogens is 3. The first-order valence-corrected chi connectivity index (χ1v) is 9.67. The molecular formula is C21H23F3N2O3. The number of rotatable bonds is 5. The molecule has 0 amide bonds. The van der Waals surface area contributed by atoms with Crippen LogP contribution in [0.15, 0.2) is 42.5 Å². The summed E-state index contributed by atoms with van der Waals surface area (Å²) < 4.78 is 56.0. The molecule has 0 atom stereocenters. The highest BCUT2D eigenvalue weighted by molar-refractivity contribution is 5.65.